The number of pyridine rings is 1. The first-order chi connectivity index (χ1) is 21.3. The number of nitrogens with zero attached hydrogens (tertiary/aromatic N) is 2. The molecule has 224 valence electrons. The number of carbonyl (C=O) groups is 1. The number of aromatic nitrogens is 2. The number of hydrogen-bond acceptors (Lipinski definition) is 6. The molecule has 3 aromatic carbocycles. The van der Waals surface area contributed by atoms with Crippen molar-refractivity contribution in [3.8, 4) is 22.6 Å². The monoisotopic (exact) mass is 587 g/mol. The minimum absolute atomic E-state index is 0.186. The van der Waals surface area contributed by atoms with Gasteiger partial charge in [0.05, 0.1) is 25.5 Å². The van der Waals surface area contributed by atoms with Crippen molar-refractivity contribution in [2.75, 3.05) is 24.7 Å². The van der Waals surface area contributed by atoms with E-state index in [1.165, 1.54) is 29.7 Å². The Morgan fingerprint density at radius 1 is 0.955 bits per heavy atom. The number of fused-ring (bicyclic) bond motifs is 1. The third-order valence-electron chi connectivity index (χ3n) is 8.24. The number of carbonyl (C=O) groups excluding carboxylic acids is 1. The molecule has 0 spiro atoms. The highest BCUT2D eigenvalue weighted by molar-refractivity contribution is 5.94. The number of rotatable bonds is 7. The number of morpholine rings is 1. The van der Waals surface area contributed by atoms with E-state index in [0.29, 0.717) is 36.2 Å². The van der Waals surface area contributed by atoms with Gasteiger partial charge in [0, 0.05) is 23.8 Å². The van der Waals surface area contributed by atoms with Crippen molar-refractivity contribution in [3.63, 3.8) is 0 Å². The summed E-state index contributed by atoms with van der Waals surface area (Å²) in [5, 5.41) is 0.925. The maximum atomic E-state index is 13.2. The standard InChI is InChI=1S/C37H37N3O4/c1-37(2,3)44-36(41)32-15-12-26(21-34(32)43-29-20-27-16-17-38-35(27)39-22-29)24-10-13-28(14-11-24)40-18-19-42-23-33(40)31-7-5-4-6-30(31)25-8-9-25/h4-7,10-17,20-22,25,33H,8-9,18-19,23H2,1-3H3,(H,38,39). The van der Waals surface area contributed by atoms with Crippen LogP contribution >= 0.6 is 0 Å². The van der Waals surface area contributed by atoms with Crippen molar-refractivity contribution in [1.29, 1.82) is 0 Å². The molecule has 1 saturated heterocycles. The highest BCUT2D eigenvalue weighted by Gasteiger charge is 2.32. The Bertz CT molecular complexity index is 1800. The van der Waals surface area contributed by atoms with Gasteiger partial charge in [-0.15, -0.1) is 0 Å². The van der Waals surface area contributed by atoms with E-state index in [1.54, 1.807) is 12.3 Å². The van der Waals surface area contributed by atoms with Crippen LogP contribution in [-0.2, 0) is 9.47 Å². The topological polar surface area (TPSA) is 76.7 Å². The van der Waals surface area contributed by atoms with E-state index < -0.39 is 11.6 Å². The quantitative estimate of drug-likeness (QED) is 0.193. The molecule has 5 aromatic rings. The number of H-pyrrole nitrogens is 1. The Balaban J connectivity index is 1.19. The average molecular weight is 588 g/mol. The third-order valence-corrected chi connectivity index (χ3v) is 8.24. The molecule has 1 N–H and O–H groups in total. The van der Waals surface area contributed by atoms with E-state index in [9.17, 15) is 4.79 Å². The number of ether oxygens (including phenoxy) is 3. The molecule has 2 fully saturated rings. The first-order valence-corrected chi connectivity index (χ1v) is 15.3. The minimum atomic E-state index is -0.634. The van der Waals surface area contributed by atoms with Crippen molar-refractivity contribution in [1.82, 2.24) is 9.97 Å². The Labute approximate surface area is 257 Å². The maximum Gasteiger partial charge on any atom is 0.342 e. The van der Waals surface area contributed by atoms with Gasteiger partial charge >= 0.3 is 5.97 Å². The summed E-state index contributed by atoms with van der Waals surface area (Å²) in [6.45, 7) is 7.80. The number of hydrogen-bond donors (Lipinski definition) is 1. The predicted octanol–water partition coefficient (Wildman–Crippen LogP) is 8.43. The second kappa shape index (κ2) is 11.5. The van der Waals surface area contributed by atoms with Gasteiger partial charge < -0.3 is 24.1 Å². The molecule has 2 aromatic heterocycles. The van der Waals surface area contributed by atoms with Gasteiger partial charge in [-0.05, 0) is 98.2 Å². The molecular formula is C37H37N3O4. The Kier molecular flexibility index (Phi) is 7.34. The highest BCUT2D eigenvalue weighted by Crippen LogP contribution is 2.45. The van der Waals surface area contributed by atoms with Gasteiger partial charge in [0.25, 0.3) is 0 Å². The van der Waals surface area contributed by atoms with Gasteiger partial charge in [0.2, 0.25) is 0 Å². The van der Waals surface area contributed by atoms with E-state index in [0.717, 1.165) is 28.7 Å². The number of nitrogens with one attached hydrogen (secondary N) is 1. The molecule has 44 heavy (non-hydrogen) atoms. The van der Waals surface area contributed by atoms with Crippen molar-refractivity contribution in [2.45, 2.75) is 51.2 Å². The first kappa shape index (κ1) is 28.2. The van der Waals surface area contributed by atoms with Crippen LogP contribution in [0.2, 0.25) is 0 Å². The van der Waals surface area contributed by atoms with Gasteiger partial charge in [-0.2, -0.15) is 0 Å². The summed E-state index contributed by atoms with van der Waals surface area (Å²) in [5.74, 6) is 1.20. The zero-order valence-corrected chi connectivity index (χ0v) is 25.4. The summed E-state index contributed by atoms with van der Waals surface area (Å²) in [7, 11) is 0. The van der Waals surface area contributed by atoms with E-state index >= 15 is 0 Å². The number of anilines is 1. The smallest absolute Gasteiger partial charge is 0.342 e. The minimum Gasteiger partial charge on any atom is -0.456 e. The zero-order chi connectivity index (χ0) is 30.3. The van der Waals surface area contributed by atoms with Crippen LogP contribution in [0, 0.1) is 0 Å². The molecule has 1 atom stereocenters. The molecule has 0 amide bonds. The number of benzene rings is 3. The molecule has 1 saturated carbocycles. The lowest BCUT2D eigenvalue weighted by atomic mass is 9.95. The summed E-state index contributed by atoms with van der Waals surface area (Å²) in [4.78, 5) is 23.2. The van der Waals surface area contributed by atoms with Crippen LogP contribution in [-0.4, -0.2) is 41.3 Å². The zero-order valence-electron chi connectivity index (χ0n) is 25.4. The van der Waals surface area contributed by atoms with Crippen LogP contribution in [0.1, 0.15) is 67.1 Å². The van der Waals surface area contributed by atoms with Crippen LogP contribution in [0.25, 0.3) is 22.2 Å². The summed E-state index contributed by atoms with van der Waals surface area (Å²) in [6.07, 6.45) is 6.03. The molecule has 1 aliphatic carbocycles. The largest absolute Gasteiger partial charge is 0.456 e. The van der Waals surface area contributed by atoms with Crippen LogP contribution in [0.4, 0.5) is 5.69 Å². The summed E-state index contributed by atoms with van der Waals surface area (Å²) in [6, 6.07) is 27.1. The van der Waals surface area contributed by atoms with Crippen LogP contribution in [0.3, 0.4) is 0 Å². The Morgan fingerprint density at radius 3 is 2.50 bits per heavy atom. The first-order valence-electron chi connectivity index (χ1n) is 15.3. The highest BCUT2D eigenvalue weighted by atomic mass is 16.6. The molecule has 3 heterocycles. The number of aromatic amines is 1. The van der Waals surface area contributed by atoms with E-state index in [2.05, 4.69) is 63.4 Å². The molecule has 0 radical (unpaired) electrons. The van der Waals surface area contributed by atoms with Crippen molar-refractivity contribution < 1.29 is 19.0 Å². The van der Waals surface area contributed by atoms with Gasteiger partial charge in [-0.1, -0.05) is 42.5 Å². The molecule has 1 aliphatic heterocycles. The van der Waals surface area contributed by atoms with Crippen LogP contribution in [0.15, 0.2) is 91.3 Å². The number of esters is 1. The fraction of sp³-hybridized carbons (Fsp3) is 0.297. The fourth-order valence-corrected chi connectivity index (χ4v) is 5.99. The summed E-state index contributed by atoms with van der Waals surface area (Å²) in [5.41, 5.74) is 6.48. The van der Waals surface area contributed by atoms with Crippen LogP contribution < -0.4 is 9.64 Å². The molecule has 0 bridgehead atoms. The lowest BCUT2D eigenvalue weighted by molar-refractivity contribution is 0.00672. The van der Waals surface area contributed by atoms with Gasteiger partial charge in [0.15, 0.2) is 0 Å². The lowest BCUT2D eigenvalue weighted by Gasteiger charge is -2.38. The van der Waals surface area contributed by atoms with Crippen molar-refractivity contribution in [3.05, 3.63) is 108 Å². The SMILES string of the molecule is CC(C)(C)OC(=O)c1ccc(-c2ccc(N3CCOCC3c3ccccc3C3CC3)cc2)cc1Oc1cnc2[nH]ccc2c1. The van der Waals surface area contributed by atoms with E-state index in [-0.39, 0.29) is 6.04 Å². The Morgan fingerprint density at radius 2 is 1.73 bits per heavy atom. The van der Waals surface area contributed by atoms with Gasteiger partial charge in [-0.3, -0.25) is 0 Å². The van der Waals surface area contributed by atoms with Gasteiger partial charge in [0.1, 0.15) is 28.3 Å². The molecule has 1 unspecified atom stereocenters. The third kappa shape index (κ3) is 5.92. The van der Waals surface area contributed by atoms with Gasteiger partial charge in [-0.25, -0.2) is 9.78 Å². The molecule has 7 rings (SSSR count). The van der Waals surface area contributed by atoms with E-state index in [4.69, 9.17) is 14.2 Å². The molecule has 2 aliphatic rings. The lowest BCUT2D eigenvalue weighted by Crippen LogP contribution is -2.40. The van der Waals surface area contributed by atoms with Crippen molar-refractivity contribution >= 4 is 22.7 Å². The van der Waals surface area contributed by atoms with Crippen LogP contribution in [0.5, 0.6) is 11.5 Å². The molecule has 7 nitrogen and oxygen atoms in total. The second-order valence-corrected chi connectivity index (χ2v) is 12.6. The maximum absolute atomic E-state index is 13.2. The summed E-state index contributed by atoms with van der Waals surface area (Å²) >= 11 is 0. The molecule has 7 heteroatoms. The Hall–Kier alpha value is -4.62. The average Bonchev–Trinajstić information content (AvgIpc) is 3.77. The second-order valence-electron chi connectivity index (χ2n) is 12.6. The predicted molar refractivity (Wildman–Crippen MR) is 173 cm³/mol. The normalized spacial score (nSPS) is 17.1. The molecular weight excluding hydrogens is 550 g/mol. The fourth-order valence-electron chi connectivity index (χ4n) is 5.99. The summed E-state index contributed by atoms with van der Waals surface area (Å²) < 4.78 is 18.0. The van der Waals surface area contributed by atoms with E-state index in [1.807, 2.05) is 51.2 Å². The van der Waals surface area contributed by atoms with Crippen molar-refractivity contribution in [2.24, 2.45) is 0 Å².